The van der Waals surface area contributed by atoms with E-state index >= 15 is 0 Å². The number of nitrogens with zero attached hydrogens (tertiary/aromatic N) is 2. The first kappa shape index (κ1) is 42.9. The summed E-state index contributed by atoms with van der Waals surface area (Å²) < 4.78 is 36.2. The van der Waals surface area contributed by atoms with E-state index in [1.54, 1.807) is 0 Å². The van der Waals surface area contributed by atoms with Gasteiger partial charge in [-0.15, -0.1) is 0 Å². The highest BCUT2D eigenvalue weighted by molar-refractivity contribution is 7.47. The van der Waals surface area contributed by atoms with Crippen molar-refractivity contribution < 1.29 is 37.3 Å². The van der Waals surface area contributed by atoms with E-state index in [1.807, 2.05) is 81.8 Å². The van der Waals surface area contributed by atoms with Gasteiger partial charge in [-0.3, -0.25) is 9.05 Å². The van der Waals surface area contributed by atoms with Crippen LogP contribution in [0.4, 0.5) is 4.79 Å². The largest absolute Gasteiger partial charge is 0.472 e. The summed E-state index contributed by atoms with van der Waals surface area (Å²) in [5.74, 6) is 0. The van der Waals surface area contributed by atoms with Crippen LogP contribution in [-0.2, 0) is 36.2 Å². The quantitative estimate of drug-likeness (QED) is 0.0512. The molecule has 0 fully saturated rings. The summed E-state index contributed by atoms with van der Waals surface area (Å²) in [5.41, 5.74) is 1.76. The van der Waals surface area contributed by atoms with Crippen molar-refractivity contribution in [3.05, 3.63) is 71.8 Å². The number of carbonyl (C=O) groups excluding carboxylic acids is 1. The summed E-state index contributed by atoms with van der Waals surface area (Å²) in [6.07, 6.45) is 16.4. The van der Waals surface area contributed by atoms with E-state index in [0.29, 0.717) is 17.6 Å². The fraction of sp³-hybridized carbons (Fsp3) is 0.667. The van der Waals surface area contributed by atoms with Crippen LogP contribution in [0.25, 0.3) is 0 Å². The van der Waals surface area contributed by atoms with Gasteiger partial charge in [0, 0.05) is 13.2 Å². The number of likely N-dealkylation sites (N-methyl/N-ethyl adjacent to an activating group) is 1. The van der Waals surface area contributed by atoms with Gasteiger partial charge >= 0.3 is 13.9 Å². The normalized spacial score (nSPS) is 13.6. The van der Waals surface area contributed by atoms with Crippen LogP contribution < -0.4 is 0 Å². The number of carbonyl (C=O) groups is 1. The zero-order valence-corrected chi connectivity index (χ0v) is 31.8. The summed E-state index contributed by atoms with van der Waals surface area (Å²) >= 11 is 0. The van der Waals surface area contributed by atoms with Crippen LogP contribution in [0.5, 0.6) is 0 Å². The van der Waals surface area contributed by atoms with Crippen molar-refractivity contribution in [3.8, 4) is 0 Å². The molecule has 0 aliphatic carbocycles. The second-order valence-corrected chi connectivity index (χ2v) is 15.5. The number of benzene rings is 2. The molecule has 9 nitrogen and oxygen atoms in total. The average molecular weight is 706 g/mol. The molecule has 0 aliphatic heterocycles. The molecule has 1 N–H and O–H groups in total. The standard InChI is InChI=1S/C39H65N2O7P/c1-5-6-7-8-9-10-11-12-13-14-15-16-17-24-30-45-35-38(48-49(43,44)47-31-29-41(2,3)4)33-40(32-36-25-20-18-21-26-36)39(42)46-34-37-27-22-19-23-28-37/h18-23,25-28,38H,5-17,24,29-35H2,1-4H3/p+1. The Bertz CT molecular complexity index is 1150. The second-order valence-electron chi connectivity index (χ2n) is 14.1. The fourth-order valence-electron chi connectivity index (χ4n) is 5.44. The van der Waals surface area contributed by atoms with Crippen molar-refractivity contribution in [2.75, 3.05) is 54.1 Å². The minimum atomic E-state index is -4.43. The summed E-state index contributed by atoms with van der Waals surface area (Å²) in [6.45, 7) is 3.73. The van der Waals surface area contributed by atoms with Crippen molar-refractivity contribution in [1.82, 2.24) is 4.90 Å². The maximum Gasteiger partial charge on any atom is 0.472 e. The third kappa shape index (κ3) is 23.0. The van der Waals surface area contributed by atoms with E-state index in [9.17, 15) is 14.3 Å². The van der Waals surface area contributed by atoms with Crippen LogP contribution in [0.3, 0.4) is 0 Å². The van der Waals surface area contributed by atoms with Gasteiger partial charge in [-0.05, 0) is 17.5 Å². The summed E-state index contributed by atoms with van der Waals surface area (Å²) in [5, 5.41) is 0. The highest BCUT2D eigenvalue weighted by Crippen LogP contribution is 2.44. The average Bonchev–Trinajstić information content (AvgIpc) is 3.06. The van der Waals surface area contributed by atoms with Gasteiger partial charge in [0.2, 0.25) is 0 Å². The third-order valence-electron chi connectivity index (χ3n) is 8.35. The molecular weight excluding hydrogens is 639 g/mol. The number of unbranched alkanes of at least 4 members (excludes halogenated alkanes) is 13. The Morgan fingerprint density at radius 3 is 1.80 bits per heavy atom. The van der Waals surface area contributed by atoms with Crippen molar-refractivity contribution in [2.24, 2.45) is 0 Å². The molecule has 2 aromatic rings. The lowest BCUT2D eigenvalue weighted by atomic mass is 10.0. The molecule has 0 bridgehead atoms. The molecule has 2 rings (SSSR count). The first-order chi connectivity index (χ1) is 23.6. The van der Waals surface area contributed by atoms with Crippen molar-refractivity contribution in [2.45, 2.75) is 116 Å². The van der Waals surface area contributed by atoms with Crippen LogP contribution >= 0.6 is 7.82 Å². The van der Waals surface area contributed by atoms with E-state index in [1.165, 1.54) is 81.9 Å². The molecule has 0 radical (unpaired) electrons. The number of rotatable bonds is 29. The zero-order valence-electron chi connectivity index (χ0n) is 30.9. The Morgan fingerprint density at radius 2 is 1.27 bits per heavy atom. The van der Waals surface area contributed by atoms with Crippen LogP contribution in [0.1, 0.15) is 108 Å². The molecule has 2 unspecified atom stereocenters. The predicted octanol–water partition coefficient (Wildman–Crippen LogP) is 9.53. The maximum absolute atomic E-state index is 13.4. The molecule has 1 amide bonds. The van der Waals surface area contributed by atoms with Gasteiger partial charge < -0.3 is 23.8 Å². The van der Waals surface area contributed by atoms with Crippen LogP contribution in [-0.4, -0.2) is 80.5 Å². The molecule has 2 aromatic carbocycles. The first-order valence-corrected chi connectivity index (χ1v) is 20.1. The molecule has 0 spiro atoms. The van der Waals surface area contributed by atoms with Gasteiger partial charge in [-0.1, -0.05) is 151 Å². The molecule has 49 heavy (non-hydrogen) atoms. The zero-order chi connectivity index (χ0) is 35.6. The number of quaternary nitrogens is 1. The third-order valence-corrected chi connectivity index (χ3v) is 9.42. The molecular formula is C39H66N2O7P+. The summed E-state index contributed by atoms with van der Waals surface area (Å²) in [4.78, 5) is 25.5. The monoisotopic (exact) mass is 705 g/mol. The maximum atomic E-state index is 13.4. The highest BCUT2D eigenvalue weighted by Gasteiger charge is 2.31. The lowest BCUT2D eigenvalue weighted by Crippen LogP contribution is -2.40. The number of ether oxygens (including phenoxy) is 2. The van der Waals surface area contributed by atoms with E-state index in [0.717, 1.165) is 24.0 Å². The first-order valence-electron chi connectivity index (χ1n) is 18.6. The molecule has 2 atom stereocenters. The van der Waals surface area contributed by atoms with Crippen LogP contribution in [0.2, 0.25) is 0 Å². The predicted molar refractivity (Wildman–Crippen MR) is 198 cm³/mol. The van der Waals surface area contributed by atoms with Gasteiger partial charge in [0.15, 0.2) is 0 Å². The Morgan fingerprint density at radius 1 is 0.755 bits per heavy atom. The Labute approximate surface area is 297 Å². The summed E-state index contributed by atoms with van der Waals surface area (Å²) in [6, 6.07) is 19.0. The lowest BCUT2D eigenvalue weighted by Gasteiger charge is -2.29. The minimum Gasteiger partial charge on any atom is -0.445 e. The van der Waals surface area contributed by atoms with E-state index < -0.39 is 20.0 Å². The van der Waals surface area contributed by atoms with Crippen molar-refractivity contribution in [3.63, 3.8) is 0 Å². The second kappa shape index (κ2) is 25.7. The number of hydrogen-bond acceptors (Lipinski definition) is 6. The number of amides is 1. The Hall–Kier alpha value is -2.26. The molecule has 0 saturated heterocycles. The van der Waals surface area contributed by atoms with Gasteiger partial charge in [-0.25, -0.2) is 9.36 Å². The molecule has 0 saturated carbocycles. The van der Waals surface area contributed by atoms with Gasteiger partial charge in [0.25, 0.3) is 0 Å². The summed E-state index contributed by atoms with van der Waals surface area (Å²) in [7, 11) is 1.50. The molecule has 10 heteroatoms. The van der Waals surface area contributed by atoms with Crippen molar-refractivity contribution in [1.29, 1.82) is 0 Å². The number of phosphoric acid groups is 1. The van der Waals surface area contributed by atoms with Gasteiger partial charge in [0.1, 0.15) is 25.9 Å². The molecule has 0 aromatic heterocycles. The Balaban J connectivity index is 1.87. The van der Waals surface area contributed by atoms with Gasteiger partial charge in [-0.2, -0.15) is 0 Å². The van der Waals surface area contributed by atoms with Crippen molar-refractivity contribution >= 4 is 13.9 Å². The van der Waals surface area contributed by atoms with E-state index in [4.69, 9.17) is 18.5 Å². The Kier molecular flexibility index (Phi) is 22.5. The smallest absolute Gasteiger partial charge is 0.445 e. The minimum absolute atomic E-state index is 0.00942. The SMILES string of the molecule is CCCCCCCCCCCCCCCCOCC(CN(Cc1ccccc1)C(=O)OCc1ccccc1)OP(=O)(O)OCC[N+](C)(C)C. The fourth-order valence-corrected chi connectivity index (χ4v) is 6.32. The topological polar surface area (TPSA) is 94.5 Å². The lowest BCUT2D eigenvalue weighted by molar-refractivity contribution is -0.870. The van der Waals surface area contributed by atoms with E-state index in [2.05, 4.69) is 6.92 Å². The van der Waals surface area contributed by atoms with Crippen LogP contribution in [0.15, 0.2) is 60.7 Å². The number of phosphoric ester groups is 1. The number of hydrogen-bond donors (Lipinski definition) is 1. The highest BCUT2D eigenvalue weighted by atomic mass is 31.2. The van der Waals surface area contributed by atoms with Crippen LogP contribution in [0, 0.1) is 0 Å². The van der Waals surface area contributed by atoms with Gasteiger partial charge in [0.05, 0.1) is 34.3 Å². The molecule has 0 aliphatic rings. The molecule has 278 valence electrons. The van der Waals surface area contributed by atoms with E-state index in [-0.39, 0.29) is 32.9 Å². The molecule has 0 heterocycles.